The Morgan fingerprint density at radius 3 is 2.56 bits per heavy atom. The van der Waals surface area contributed by atoms with Crippen LogP contribution in [0.2, 0.25) is 0 Å². The fourth-order valence-electron chi connectivity index (χ4n) is 3.34. The molecule has 2 fully saturated rings. The highest BCUT2D eigenvalue weighted by Crippen LogP contribution is 2.41. The summed E-state index contributed by atoms with van der Waals surface area (Å²) in [6.45, 7) is 9.40. The Morgan fingerprint density at radius 2 is 1.94 bits per heavy atom. The maximum Gasteiger partial charge on any atom is 0.0729 e. The highest BCUT2D eigenvalue weighted by Gasteiger charge is 2.43. The van der Waals surface area contributed by atoms with Crippen molar-refractivity contribution in [1.29, 1.82) is 0 Å². The van der Waals surface area contributed by atoms with Gasteiger partial charge in [0.1, 0.15) is 0 Å². The van der Waals surface area contributed by atoms with Crippen LogP contribution in [-0.4, -0.2) is 31.5 Å². The molecule has 18 heavy (non-hydrogen) atoms. The van der Waals surface area contributed by atoms with E-state index in [0.717, 1.165) is 51.9 Å². The average molecular weight is 255 g/mol. The highest BCUT2D eigenvalue weighted by atomic mass is 16.5. The molecule has 2 rings (SSSR count). The molecule has 3 heteroatoms. The van der Waals surface area contributed by atoms with Gasteiger partial charge < -0.3 is 15.2 Å². The normalized spacial score (nSPS) is 30.3. The summed E-state index contributed by atoms with van der Waals surface area (Å²) in [7, 11) is 0. The Morgan fingerprint density at radius 1 is 1.28 bits per heavy atom. The van der Waals surface area contributed by atoms with E-state index in [4.69, 9.17) is 15.2 Å². The molecule has 0 bridgehead atoms. The van der Waals surface area contributed by atoms with Crippen LogP contribution in [0.25, 0.3) is 0 Å². The molecular formula is C15H29NO2. The van der Waals surface area contributed by atoms with Crippen molar-refractivity contribution in [2.24, 2.45) is 17.1 Å². The summed E-state index contributed by atoms with van der Waals surface area (Å²) in [5, 5.41) is 0. The Balaban J connectivity index is 2.02. The molecule has 2 unspecified atom stereocenters. The van der Waals surface area contributed by atoms with Crippen LogP contribution >= 0.6 is 0 Å². The lowest BCUT2D eigenvalue weighted by Gasteiger charge is -2.47. The molecule has 0 radical (unpaired) electrons. The van der Waals surface area contributed by atoms with E-state index >= 15 is 0 Å². The monoisotopic (exact) mass is 255 g/mol. The number of rotatable bonds is 3. The molecule has 2 N–H and O–H groups in total. The largest absolute Gasteiger partial charge is 0.381 e. The van der Waals surface area contributed by atoms with Gasteiger partial charge in [-0.1, -0.05) is 20.8 Å². The van der Waals surface area contributed by atoms with E-state index in [0.29, 0.717) is 5.92 Å². The summed E-state index contributed by atoms with van der Waals surface area (Å²) in [5.74, 6) is 0.604. The van der Waals surface area contributed by atoms with Crippen LogP contribution in [0.1, 0.15) is 52.9 Å². The van der Waals surface area contributed by atoms with Crippen LogP contribution in [0.4, 0.5) is 0 Å². The molecule has 0 saturated carbocycles. The summed E-state index contributed by atoms with van der Waals surface area (Å²) < 4.78 is 11.6. The van der Waals surface area contributed by atoms with Crippen LogP contribution in [0.15, 0.2) is 0 Å². The topological polar surface area (TPSA) is 44.5 Å². The van der Waals surface area contributed by atoms with E-state index in [1.165, 1.54) is 0 Å². The first-order valence-electron chi connectivity index (χ1n) is 7.46. The van der Waals surface area contributed by atoms with Gasteiger partial charge in [0.05, 0.1) is 5.60 Å². The Hall–Kier alpha value is -0.120. The van der Waals surface area contributed by atoms with Crippen LogP contribution in [0.3, 0.4) is 0 Å². The van der Waals surface area contributed by atoms with Gasteiger partial charge in [0.2, 0.25) is 0 Å². The Kier molecular flexibility index (Phi) is 4.35. The number of hydrogen-bond donors (Lipinski definition) is 1. The smallest absolute Gasteiger partial charge is 0.0729 e. The molecule has 0 aliphatic carbocycles. The zero-order valence-electron chi connectivity index (χ0n) is 12.2. The zero-order valence-corrected chi connectivity index (χ0v) is 12.2. The number of nitrogens with two attached hydrogens (primary N) is 1. The van der Waals surface area contributed by atoms with Gasteiger partial charge in [-0.2, -0.15) is 0 Å². The van der Waals surface area contributed by atoms with Gasteiger partial charge in [-0.3, -0.25) is 0 Å². The molecule has 0 aromatic carbocycles. The Labute approximate surface area is 111 Å². The van der Waals surface area contributed by atoms with Crippen molar-refractivity contribution in [3.05, 3.63) is 0 Å². The average Bonchev–Trinajstić information content (AvgIpc) is 2.39. The SMILES string of the molecule is CCC(C)(C)C(N)C1CCOC2(CCOCC2)C1. The van der Waals surface area contributed by atoms with Crippen LogP contribution < -0.4 is 5.73 Å². The maximum atomic E-state index is 6.54. The molecule has 0 amide bonds. The van der Waals surface area contributed by atoms with Gasteiger partial charge in [-0.15, -0.1) is 0 Å². The van der Waals surface area contributed by atoms with E-state index in [-0.39, 0.29) is 17.1 Å². The van der Waals surface area contributed by atoms with Crippen molar-refractivity contribution >= 4 is 0 Å². The highest BCUT2D eigenvalue weighted by molar-refractivity contribution is 4.95. The molecule has 0 aromatic heterocycles. The minimum Gasteiger partial charge on any atom is -0.381 e. The van der Waals surface area contributed by atoms with E-state index in [9.17, 15) is 0 Å². The van der Waals surface area contributed by atoms with Gasteiger partial charge in [0, 0.05) is 25.9 Å². The van der Waals surface area contributed by atoms with E-state index in [2.05, 4.69) is 20.8 Å². The first-order chi connectivity index (χ1) is 8.49. The van der Waals surface area contributed by atoms with Crippen LogP contribution in [0, 0.1) is 11.3 Å². The van der Waals surface area contributed by atoms with E-state index in [1.807, 2.05) is 0 Å². The minimum atomic E-state index is 0.0720. The predicted octanol–water partition coefficient (Wildman–Crippen LogP) is 2.73. The molecule has 0 aromatic rings. The first kappa shape index (κ1) is 14.3. The quantitative estimate of drug-likeness (QED) is 0.843. The zero-order chi connectivity index (χ0) is 13.2. The standard InChI is InChI=1S/C15H29NO2/c1-4-14(2,3)13(16)12-5-8-18-15(11-12)6-9-17-10-7-15/h12-13H,4-11,16H2,1-3H3. The van der Waals surface area contributed by atoms with Crippen molar-refractivity contribution in [3.8, 4) is 0 Å². The van der Waals surface area contributed by atoms with Gasteiger partial charge in [-0.05, 0) is 43.4 Å². The second-order valence-electron chi connectivity index (χ2n) is 6.76. The molecule has 2 heterocycles. The molecule has 1 spiro atoms. The summed E-state index contributed by atoms with van der Waals surface area (Å²) in [4.78, 5) is 0. The predicted molar refractivity (Wildman–Crippen MR) is 73.5 cm³/mol. The molecule has 2 aliphatic rings. The molecule has 3 nitrogen and oxygen atoms in total. The second-order valence-corrected chi connectivity index (χ2v) is 6.76. The second kappa shape index (κ2) is 5.48. The third-order valence-corrected chi connectivity index (χ3v) is 5.26. The van der Waals surface area contributed by atoms with Crippen molar-refractivity contribution in [3.63, 3.8) is 0 Å². The lowest BCUT2D eigenvalue weighted by atomic mass is 9.69. The van der Waals surface area contributed by atoms with E-state index in [1.54, 1.807) is 0 Å². The molecular weight excluding hydrogens is 226 g/mol. The summed E-state index contributed by atoms with van der Waals surface area (Å²) in [5.41, 5.74) is 6.84. The van der Waals surface area contributed by atoms with Crippen molar-refractivity contribution in [2.45, 2.75) is 64.5 Å². The molecule has 2 atom stereocenters. The molecule has 2 saturated heterocycles. The summed E-state index contributed by atoms with van der Waals surface area (Å²) in [6, 6.07) is 0.283. The van der Waals surface area contributed by atoms with Crippen molar-refractivity contribution in [2.75, 3.05) is 19.8 Å². The lowest BCUT2D eigenvalue weighted by Crippen LogP contribution is -2.51. The maximum absolute atomic E-state index is 6.54. The molecule has 2 aliphatic heterocycles. The van der Waals surface area contributed by atoms with Gasteiger partial charge in [0.15, 0.2) is 0 Å². The van der Waals surface area contributed by atoms with Gasteiger partial charge >= 0.3 is 0 Å². The fourth-order valence-corrected chi connectivity index (χ4v) is 3.34. The van der Waals surface area contributed by atoms with E-state index < -0.39 is 0 Å². The van der Waals surface area contributed by atoms with Crippen LogP contribution in [-0.2, 0) is 9.47 Å². The van der Waals surface area contributed by atoms with Crippen molar-refractivity contribution in [1.82, 2.24) is 0 Å². The number of hydrogen-bond acceptors (Lipinski definition) is 3. The fraction of sp³-hybridized carbons (Fsp3) is 1.00. The van der Waals surface area contributed by atoms with Crippen molar-refractivity contribution < 1.29 is 9.47 Å². The van der Waals surface area contributed by atoms with Crippen LogP contribution in [0.5, 0.6) is 0 Å². The summed E-state index contributed by atoms with van der Waals surface area (Å²) in [6.07, 6.45) is 5.47. The van der Waals surface area contributed by atoms with Gasteiger partial charge in [0.25, 0.3) is 0 Å². The third kappa shape index (κ3) is 2.89. The first-order valence-corrected chi connectivity index (χ1v) is 7.46. The third-order valence-electron chi connectivity index (χ3n) is 5.26. The number of ether oxygens (including phenoxy) is 2. The minimum absolute atomic E-state index is 0.0720. The summed E-state index contributed by atoms with van der Waals surface area (Å²) >= 11 is 0. The molecule has 106 valence electrons. The van der Waals surface area contributed by atoms with Gasteiger partial charge in [-0.25, -0.2) is 0 Å². The Bertz CT molecular complexity index is 266. The lowest BCUT2D eigenvalue weighted by molar-refractivity contribution is -0.152.